The maximum absolute atomic E-state index is 13.3. The van der Waals surface area contributed by atoms with Crippen molar-refractivity contribution in [2.24, 2.45) is 0 Å². The summed E-state index contributed by atoms with van der Waals surface area (Å²) in [5.74, 6) is 0.180. The van der Waals surface area contributed by atoms with Crippen LogP contribution in [0.15, 0.2) is 36.4 Å². The molecule has 0 bridgehead atoms. The average molecular weight is 320 g/mol. The maximum Gasteiger partial charge on any atom is 0.123 e. The summed E-state index contributed by atoms with van der Waals surface area (Å²) in [6.07, 6.45) is 1.12. The minimum Gasteiger partial charge on any atom is -0.343 e. The zero-order valence-electron chi connectivity index (χ0n) is 14.1. The van der Waals surface area contributed by atoms with Gasteiger partial charge in [0.15, 0.2) is 0 Å². The van der Waals surface area contributed by atoms with E-state index in [1.54, 1.807) is 12.1 Å². The van der Waals surface area contributed by atoms with Gasteiger partial charge in [0.2, 0.25) is 0 Å². The largest absolute Gasteiger partial charge is 0.343 e. The number of halogens is 1. The van der Waals surface area contributed by atoms with E-state index in [9.17, 15) is 4.39 Å². The fraction of sp³-hybridized carbons (Fsp3) is 0.333. The van der Waals surface area contributed by atoms with Crippen LogP contribution in [0.3, 0.4) is 0 Å². The van der Waals surface area contributed by atoms with E-state index < -0.39 is 0 Å². The molecule has 2 nitrogen and oxygen atoms in total. The summed E-state index contributed by atoms with van der Waals surface area (Å²) in [5.41, 5.74) is 8.39. The van der Waals surface area contributed by atoms with Crippen LogP contribution in [0.4, 0.5) is 4.39 Å². The summed E-state index contributed by atoms with van der Waals surface area (Å²) in [4.78, 5) is 2.41. The second-order valence-corrected chi connectivity index (χ2v) is 7.38. The van der Waals surface area contributed by atoms with Gasteiger partial charge in [-0.2, -0.15) is 0 Å². The van der Waals surface area contributed by atoms with Gasteiger partial charge in [-0.25, -0.2) is 4.39 Å². The highest BCUT2D eigenvalue weighted by atomic mass is 19.1. The van der Waals surface area contributed by atoms with Crippen molar-refractivity contribution in [3.63, 3.8) is 0 Å². The molecule has 0 saturated heterocycles. The second kappa shape index (κ2) is 4.93. The van der Waals surface area contributed by atoms with Crippen LogP contribution in [0.5, 0.6) is 0 Å². The highest BCUT2D eigenvalue weighted by Crippen LogP contribution is 2.44. The van der Waals surface area contributed by atoms with Crippen LogP contribution in [0.2, 0.25) is 0 Å². The topological polar surface area (TPSA) is 8.17 Å². The van der Waals surface area contributed by atoms with E-state index in [0.29, 0.717) is 5.92 Å². The fourth-order valence-corrected chi connectivity index (χ4v) is 4.63. The third kappa shape index (κ3) is 1.91. The molecule has 24 heavy (non-hydrogen) atoms. The molecule has 3 heteroatoms. The van der Waals surface area contributed by atoms with Crippen LogP contribution >= 0.6 is 0 Å². The van der Waals surface area contributed by atoms with Gasteiger partial charge in [-0.05, 0) is 48.9 Å². The van der Waals surface area contributed by atoms with Crippen molar-refractivity contribution in [1.29, 1.82) is 0 Å². The van der Waals surface area contributed by atoms with Crippen molar-refractivity contribution in [1.82, 2.24) is 9.47 Å². The van der Waals surface area contributed by atoms with Gasteiger partial charge in [-0.3, -0.25) is 0 Å². The fourth-order valence-electron chi connectivity index (χ4n) is 4.63. The molecule has 2 aromatic carbocycles. The average Bonchev–Trinajstić information content (AvgIpc) is 3.07. The van der Waals surface area contributed by atoms with E-state index in [4.69, 9.17) is 0 Å². The smallest absolute Gasteiger partial charge is 0.123 e. The molecule has 1 atom stereocenters. The number of aromatic nitrogens is 1. The number of rotatable bonds is 1. The van der Waals surface area contributed by atoms with E-state index in [-0.39, 0.29) is 5.82 Å². The van der Waals surface area contributed by atoms with Gasteiger partial charge in [0.25, 0.3) is 0 Å². The van der Waals surface area contributed by atoms with Crippen LogP contribution in [0.1, 0.15) is 33.9 Å². The van der Waals surface area contributed by atoms with Gasteiger partial charge in [0.1, 0.15) is 5.82 Å². The van der Waals surface area contributed by atoms with Crippen LogP contribution in [0, 0.1) is 12.7 Å². The number of hydrogen-bond acceptors (Lipinski definition) is 1. The Balaban J connectivity index is 1.73. The van der Waals surface area contributed by atoms with E-state index in [2.05, 4.69) is 35.6 Å². The van der Waals surface area contributed by atoms with Gasteiger partial charge in [-0.15, -0.1) is 0 Å². The van der Waals surface area contributed by atoms with Gasteiger partial charge in [0.05, 0.1) is 5.52 Å². The summed E-state index contributed by atoms with van der Waals surface area (Å²) in [6, 6.07) is 11.7. The maximum atomic E-state index is 13.3. The third-order valence-electron chi connectivity index (χ3n) is 5.72. The summed E-state index contributed by atoms with van der Waals surface area (Å²) in [5, 5.41) is 1.43. The van der Waals surface area contributed by atoms with Crippen LogP contribution in [-0.2, 0) is 19.5 Å². The van der Waals surface area contributed by atoms with Crippen molar-refractivity contribution >= 4 is 10.9 Å². The first-order chi connectivity index (χ1) is 11.6. The van der Waals surface area contributed by atoms with Gasteiger partial charge in [-0.1, -0.05) is 23.8 Å². The molecule has 3 aromatic rings. The molecule has 0 spiro atoms. The molecule has 0 radical (unpaired) electrons. The lowest BCUT2D eigenvalue weighted by Gasteiger charge is -2.25. The SMILES string of the molecule is Cc1cc2c3c(c1)c1c(n3CC2c2ccc(F)cc2)CCN(C)C1. The standard InChI is InChI=1S/C21H21FN2/c1-13-9-16-18(14-3-5-15(22)6-4-14)12-24-20-7-8-23(2)11-19(20)17(10-13)21(16)24/h3-6,9-10,18H,7-8,11-12H2,1-2H3. The quantitative estimate of drug-likeness (QED) is 0.652. The lowest BCUT2D eigenvalue weighted by molar-refractivity contribution is 0.309. The molecule has 2 aliphatic heterocycles. The highest BCUT2D eigenvalue weighted by Gasteiger charge is 2.32. The number of fused-ring (bicyclic) bond motifs is 3. The monoisotopic (exact) mass is 320 g/mol. The van der Waals surface area contributed by atoms with E-state index in [1.165, 1.54) is 38.9 Å². The van der Waals surface area contributed by atoms with Crippen molar-refractivity contribution in [2.45, 2.75) is 32.4 Å². The second-order valence-electron chi connectivity index (χ2n) is 7.38. The molecule has 0 saturated carbocycles. The Bertz CT molecular complexity index is 952. The van der Waals surface area contributed by atoms with Gasteiger partial charge in [0, 0.05) is 43.1 Å². The summed E-state index contributed by atoms with van der Waals surface area (Å²) < 4.78 is 15.9. The van der Waals surface area contributed by atoms with Crippen molar-refractivity contribution in [3.8, 4) is 0 Å². The lowest BCUT2D eigenvalue weighted by atomic mass is 9.90. The Morgan fingerprint density at radius 1 is 1.12 bits per heavy atom. The van der Waals surface area contributed by atoms with Crippen molar-refractivity contribution < 1.29 is 4.39 Å². The van der Waals surface area contributed by atoms with Crippen molar-refractivity contribution in [2.75, 3.05) is 13.6 Å². The van der Waals surface area contributed by atoms with E-state index >= 15 is 0 Å². The molecule has 3 heterocycles. The first-order valence-electron chi connectivity index (χ1n) is 8.70. The van der Waals surface area contributed by atoms with E-state index in [0.717, 1.165) is 26.1 Å². The molecule has 1 unspecified atom stereocenters. The van der Waals surface area contributed by atoms with Gasteiger partial charge < -0.3 is 9.47 Å². The highest BCUT2D eigenvalue weighted by molar-refractivity contribution is 5.91. The predicted octanol–water partition coefficient (Wildman–Crippen LogP) is 4.22. The Kier molecular flexibility index (Phi) is 2.93. The Morgan fingerprint density at radius 3 is 2.71 bits per heavy atom. The third-order valence-corrected chi connectivity index (χ3v) is 5.72. The number of aryl methyl sites for hydroxylation is 1. The van der Waals surface area contributed by atoms with Crippen LogP contribution < -0.4 is 0 Å². The van der Waals surface area contributed by atoms with Crippen LogP contribution in [0.25, 0.3) is 10.9 Å². The molecule has 122 valence electrons. The Morgan fingerprint density at radius 2 is 1.92 bits per heavy atom. The summed E-state index contributed by atoms with van der Waals surface area (Å²) in [7, 11) is 2.20. The van der Waals surface area contributed by atoms with Crippen molar-refractivity contribution in [3.05, 3.63) is 70.2 Å². The molecule has 1 aromatic heterocycles. The molecule has 0 amide bonds. The summed E-state index contributed by atoms with van der Waals surface area (Å²) in [6.45, 7) is 5.34. The van der Waals surface area contributed by atoms with Gasteiger partial charge >= 0.3 is 0 Å². The molecule has 2 aliphatic rings. The Labute approximate surface area is 141 Å². The number of nitrogens with zero attached hydrogens (tertiary/aromatic N) is 2. The summed E-state index contributed by atoms with van der Waals surface area (Å²) >= 11 is 0. The lowest BCUT2D eigenvalue weighted by Crippen LogP contribution is -2.27. The van der Waals surface area contributed by atoms with E-state index in [1.807, 2.05) is 12.1 Å². The molecule has 0 aliphatic carbocycles. The molecular formula is C21H21FN2. The predicted molar refractivity (Wildman–Crippen MR) is 95.0 cm³/mol. The molecule has 5 rings (SSSR count). The number of benzene rings is 2. The minimum absolute atomic E-state index is 0.161. The Hall–Kier alpha value is -2.13. The molecular weight excluding hydrogens is 299 g/mol. The zero-order valence-corrected chi connectivity index (χ0v) is 14.1. The first kappa shape index (κ1) is 14.2. The molecule has 0 fully saturated rings. The minimum atomic E-state index is -0.161. The number of likely N-dealkylation sites (N-methyl/N-ethyl adjacent to an activating group) is 1. The zero-order chi connectivity index (χ0) is 16.4. The van der Waals surface area contributed by atoms with Crippen LogP contribution in [-0.4, -0.2) is 23.1 Å². The first-order valence-corrected chi connectivity index (χ1v) is 8.70. The normalized spacial score (nSPS) is 19.9. The number of hydrogen-bond donors (Lipinski definition) is 0. The molecule has 0 N–H and O–H groups in total.